The highest BCUT2D eigenvalue weighted by molar-refractivity contribution is 6.30. The zero-order valence-electron chi connectivity index (χ0n) is 15.9. The van der Waals surface area contributed by atoms with Gasteiger partial charge in [-0.15, -0.1) is 0 Å². The first kappa shape index (κ1) is 19.4. The van der Waals surface area contributed by atoms with E-state index in [-0.39, 0.29) is 23.4 Å². The molecular weight excluding hydrogens is 394 g/mol. The molecular formula is C20H22ClN5O3. The number of piperidine rings is 1. The second-order valence-electron chi connectivity index (χ2n) is 7.49. The van der Waals surface area contributed by atoms with Crippen LogP contribution in [0.5, 0.6) is 0 Å². The highest BCUT2D eigenvalue weighted by Gasteiger charge is 2.32. The number of halogens is 1. The molecule has 2 aromatic rings. The van der Waals surface area contributed by atoms with Gasteiger partial charge >= 0.3 is 0 Å². The molecule has 29 heavy (non-hydrogen) atoms. The molecule has 0 saturated carbocycles. The van der Waals surface area contributed by atoms with Crippen LogP contribution in [0.1, 0.15) is 39.4 Å². The average molecular weight is 416 g/mol. The first-order valence-corrected chi connectivity index (χ1v) is 10.0. The number of carbonyl (C=O) groups excluding carboxylic acids is 3. The van der Waals surface area contributed by atoms with E-state index in [0.717, 1.165) is 12.0 Å². The van der Waals surface area contributed by atoms with Gasteiger partial charge in [0, 0.05) is 37.3 Å². The quantitative estimate of drug-likeness (QED) is 0.818. The Labute approximate surface area is 173 Å². The second kappa shape index (κ2) is 7.87. The maximum absolute atomic E-state index is 12.9. The maximum atomic E-state index is 12.9. The van der Waals surface area contributed by atoms with Crippen molar-refractivity contribution in [3.63, 3.8) is 0 Å². The summed E-state index contributed by atoms with van der Waals surface area (Å²) in [5.41, 5.74) is 6.96. The maximum Gasteiger partial charge on any atom is 0.274 e. The Morgan fingerprint density at radius 2 is 2.03 bits per heavy atom. The fraction of sp³-hybridized carbons (Fsp3) is 0.400. The molecule has 1 atom stereocenters. The Balaban J connectivity index is 1.49. The van der Waals surface area contributed by atoms with Crippen LogP contribution in [0, 0.1) is 5.92 Å². The molecule has 2 aliphatic rings. The number of hydrogen-bond acceptors (Lipinski definition) is 4. The highest BCUT2D eigenvalue weighted by atomic mass is 35.5. The highest BCUT2D eigenvalue weighted by Crippen LogP contribution is 2.21. The van der Waals surface area contributed by atoms with Crippen LogP contribution >= 0.6 is 11.6 Å². The van der Waals surface area contributed by atoms with Crippen molar-refractivity contribution < 1.29 is 14.4 Å². The predicted octanol–water partition coefficient (Wildman–Crippen LogP) is 1.53. The number of carbonyl (C=O) groups is 3. The summed E-state index contributed by atoms with van der Waals surface area (Å²) in [7, 11) is 0. The Bertz CT molecular complexity index is 973. The minimum absolute atomic E-state index is 0.170. The van der Waals surface area contributed by atoms with Crippen LogP contribution in [0.25, 0.3) is 0 Å². The summed E-state index contributed by atoms with van der Waals surface area (Å²) in [4.78, 5) is 40.6. The lowest BCUT2D eigenvalue weighted by molar-refractivity contribution is -0.123. The second-order valence-corrected chi connectivity index (χ2v) is 7.92. The van der Waals surface area contributed by atoms with Crippen LogP contribution in [0.3, 0.4) is 0 Å². The molecule has 1 aromatic carbocycles. The van der Waals surface area contributed by atoms with E-state index in [4.69, 9.17) is 17.3 Å². The topological polar surface area (TPSA) is 102 Å². The van der Waals surface area contributed by atoms with E-state index < -0.39 is 5.91 Å². The third kappa shape index (κ3) is 3.98. The number of nitrogens with two attached hydrogens (primary N) is 1. The van der Waals surface area contributed by atoms with Crippen LogP contribution in [-0.2, 0) is 17.9 Å². The molecule has 4 rings (SSSR count). The van der Waals surface area contributed by atoms with Gasteiger partial charge in [0.25, 0.3) is 11.8 Å². The summed E-state index contributed by atoms with van der Waals surface area (Å²) >= 11 is 6.03. The van der Waals surface area contributed by atoms with E-state index in [1.807, 2.05) is 18.2 Å². The molecule has 9 heteroatoms. The zero-order valence-corrected chi connectivity index (χ0v) is 16.6. The molecule has 152 valence electrons. The van der Waals surface area contributed by atoms with Gasteiger partial charge in [-0.25, -0.2) is 0 Å². The van der Waals surface area contributed by atoms with Crippen molar-refractivity contribution in [2.45, 2.75) is 25.9 Å². The Kier molecular flexibility index (Phi) is 5.27. The van der Waals surface area contributed by atoms with Gasteiger partial charge in [-0.3, -0.25) is 19.1 Å². The number of nitrogens with zero attached hydrogens (tertiary/aromatic N) is 4. The van der Waals surface area contributed by atoms with E-state index >= 15 is 0 Å². The van der Waals surface area contributed by atoms with Gasteiger partial charge in [0.2, 0.25) is 5.91 Å². The smallest absolute Gasteiger partial charge is 0.274 e. The molecule has 1 saturated heterocycles. The molecule has 0 radical (unpaired) electrons. The fourth-order valence-electron chi connectivity index (χ4n) is 3.91. The molecule has 1 unspecified atom stereocenters. The Morgan fingerprint density at radius 3 is 2.79 bits per heavy atom. The molecule has 1 fully saturated rings. The van der Waals surface area contributed by atoms with E-state index in [1.54, 1.807) is 26.6 Å². The Morgan fingerprint density at radius 1 is 1.21 bits per heavy atom. The number of aromatic nitrogens is 2. The van der Waals surface area contributed by atoms with Gasteiger partial charge in [-0.1, -0.05) is 23.7 Å². The molecule has 2 aliphatic heterocycles. The lowest BCUT2D eigenvalue weighted by Gasteiger charge is -2.30. The SMILES string of the molecule is NC(=O)C1CCCN(C(=O)c2cc3n(n2)CCN(Cc2cccc(Cl)c2)C3=O)C1. The molecule has 0 spiro atoms. The van der Waals surface area contributed by atoms with Crippen LogP contribution in [0.15, 0.2) is 30.3 Å². The summed E-state index contributed by atoms with van der Waals surface area (Å²) < 4.78 is 1.58. The summed E-state index contributed by atoms with van der Waals surface area (Å²) in [5.74, 6) is -1.17. The van der Waals surface area contributed by atoms with Crippen LogP contribution < -0.4 is 5.73 Å². The van der Waals surface area contributed by atoms with Crippen LogP contribution in [0.4, 0.5) is 0 Å². The molecule has 1 aromatic heterocycles. The van der Waals surface area contributed by atoms with Crippen molar-refractivity contribution in [2.75, 3.05) is 19.6 Å². The average Bonchev–Trinajstić information content (AvgIpc) is 3.15. The van der Waals surface area contributed by atoms with Gasteiger partial charge in [-0.2, -0.15) is 5.10 Å². The van der Waals surface area contributed by atoms with Crippen molar-refractivity contribution in [3.05, 3.63) is 52.3 Å². The van der Waals surface area contributed by atoms with E-state index in [9.17, 15) is 14.4 Å². The number of hydrogen-bond donors (Lipinski definition) is 1. The number of amides is 3. The third-order valence-corrected chi connectivity index (χ3v) is 5.70. The first-order chi connectivity index (χ1) is 13.9. The van der Waals surface area contributed by atoms with Gasteiger partial charge in [0.15, 0.2) is 5.69 Å². The summed E-state index contributed by atoms with van der Waals surface area (Å²) in [5, 5.41) is 4.97. The predicted molar refractivity (Wildman–Crippen MR) is 106 cm³/mol. The molecule has 2 N–H and O–H groups in total. The molecule has 3 heterocycles. The van der Waals surface area contributed by atoms with E-state index in [2.05, 4.69) is 5.10 Å². The largest absolute Gasteiger partial charge is 0.369 e. The van der Waals surface area contributed by atoms with Crippen LogP contribution in [0.2, 0.25) is 5.02 Å². The molecule has 0 bridgehead atoms. The van der Waals surface area contributed by atoms with E-state index in [0.29, 0.717) is 49.9 Å². The number of primary amides is 1. The van der Waals surface area contributed by atoms with Crippen molar-refractivity contribution in [3.8, 4) is 0 Å². The number of likely N-dealkylation sites (tertiary alicyclic amines) is 1. The summed E-state index contributed by atoms with van der Waals surface area (Å²) in [6.45, 7) is 2.31. The zero-order chi connectivity index (χ0) is 20.5. The number of fused-ring (bicyclic) bond motifs is 1. The van der Waals surface area contributed by atoms with Gasteiger partial charge in [0.05, 0.1) is 12.5 Å². The number of benzene rings is 1. The van der Waals surface area contributed by atoms with Crippen molar-refractivity contribution in [2.24, 2.45) is 11.7 Å². The first-order valence-electron chi connectivity index (χ1n) is 9.62. The normalized spacial score (nSPS) is 19.2. The van der Waals surface area contributed by atoms with Gasteiger partial charge < -0.3 is 15.5 Å². The molecule has 3 amide bonds. The summed E-state index contributed by atoms with van der Waals surface area (Å²) in [6, 6.07) is 8.94. The van der Waals surface area contributed by atoms with Gasteiger partial charge in [0.1, 0.15) is 5.69 Å². The van der Waals surface area contributed by atoms with Crippen molar-refractivity contribution in [1.29, 1.82) is 0 Å². The Hall–Kier alpha value is -2.87. The van der Waals surface area contributed by atoms with Crippen molar-refractivity contribution >= 4 is 29.3 Å². The lowest BCUT2D eigenvalue weighted by atomic mass is 9.97. The molecule has 0 aliphatic carbocycles. The monoisotopic (exact) mass is 415 g/mol. The lowest BCUT2D eigenvalue weighted by Crippen LogP contribution is -2.44. The molecule has 8 nitrogen and oxygen atoms in total. The standard InChI is InChI=1S/C20H22ClN5O3/c21-15-5-1-3-13(9-15)11-25-7-8-26-17(20(25)29)10-16(23-26)19(28)24-6-2-4-14(12-24)18(22)27/h1,3,5,9-10,14H,2,4,6-8,11-12H2,(H2,22,27). The third-order valence-electron chi connectivity index (χ3n) is 5.46. The minimum Gasteiger partial charge on any atom is -0.369 e. The summed E-state index contributed by atoms with van der Waals surface area (Å²) in [6.07, 6.45) is 1.41. The van der Waals surface area contributed by atoms with E-state index in [1.165, 1.54) is 0 Å². The van der Waals surface area contributed by atoms with Gasteiger partial charge in [-0.05, 0) is 30.5 Å². The van der Waals surface area contributed by atoms with Crippen LogP contribution in [-0.4, -0.2) is 56.9 Å². The fourth-order valence-corrected chi connectivity index (χ4v) is 4.12. The van der Waals surface area contributed by atoms with Crippen molar-refractivity contribution in [1.82, 2.24) is 19.6 Å². The number of rotatable bonds is 4. The minimum atomic E-state index is -0.390.